The summed E-state index contributed by atoms with van der Waals surface area (Å²) in [5.41, 5.74) is -1.35. The molecule has 0 spiro atoms. The molecule has 2 heteroatoms. The summed E-state index contributed by atoms with van der Waals surface area (Å²) in [5.74, 6) is -0.403. The second kappa shape index (κ2) is 1.41. The van der Waals surface area contributed by atoms with E-state index in [0.29, 0.717) is 12.7 Å². The molecule has 0 N–H and O–H groups in total. The number of hydrogen-bond donors (Lipinski definition) is 0. The molecule has 0 unspecified atom stereocenters. The quantitative estimate of drug-likeness (QED) is 0.388. The van der Waals surface area contributed by atoms with Crippen LogP contribution in [0.25, 0.3) is 0 Å². The maximum atomic E-state index is 12.5. The third kappa shape index (κ3) is 0.565. The van der Waals surface area contributed by atoms with Crippen LogP contribution in [0.2, 0.25) is 0 Å². The number of carbonyl (C=O) groups excluding carboxylic acids is 1. The standard InChI is InChI=1S/C6H7FO/c1-2-6(7)3-5(6)4-8/h2,4-5H,1,3H2/t5-,6-/m0/s1. The molecule has 0 aliphatic heterocycles. The van der Waals surface area contributed by atoms with Gasteiger partial charge in [-0.2, -0.15) is 0 Å². The Morgan fingerprint density at radius 2 is 2.50 bits per heavy atom. The SMILES string of the molecule is C=C[C@]1(F)C[C@H]1C=O. The van der Waals surface area contributed by atoms with Crippen LogP contribution in [-0.4, -0.2) is 12.0 Å². The summed E-state index contributed by atoms with van der Waals surface area (Å²) in [4.78, 5) is 9.85. The molecule has 0 aromatic heterocycles. The summed E-state index contributed by atoms with van der Waals surface area (Å²) in [6.07, 6.45) is 2.17. The molecule has 1 nitrogen and oxygen atoms in total. The number of aldehydes is 1. The molecule has 1 saturated carbocycles. The molecule has 0 heterocycles. The van der Waals surface area contributed by atoms with Crippen molar-refractivity contribution in [3.8, 4) is 0 Å². The average molecular weight is 114 g/mol. The van der Waals surface area contributed by atoms with Crippen LogP contribution in [0.1, 0.15) is 6.42 Å². The molecule has 0 amide bonds. The molecule has 1 fully saturated rings. The first kappa shape index (κ1) is 5.48. The Labute approximate surface area is 47.2 Å². The van der Waals surface area contributed by atoms with Gasteiger partial charge in [0, 0.05) is 0 Å². The van der Waals surface area contributed by atoms with Crippen LogP contribution in [0.15, 0.2) is 12.7 Å². The van der Waals surface area contributed by atoms with Crippen molar-refractivity contribution in [2.75, 3.05) is 0 Å². The van der Waals surface area contributed by atoms with Crippen LogP contribution in [0, 0.1) is 5.92 Å². The van der Waals surface area contributed by atoms with E-state index < -0.39 is 11.6 Å². The van der Waals surface area contributed by atoms with Crippen LogP contribution < -0.4 is 0 Å². The van der Waals surface area contributed by atoms with E-state index in [1.165, 1.54) is 6.08 Å². The minimum Gasteiger partial charge on any atom is -0.303 e. The monoisotopic (exact) mass is 114 g/mol. The first-order valence-corrected chi connectivity index (χ1v) is 2.51. The summed E-state index contributed by atoms with van der Waals surface area (Å²) >= 11 is 0. The molecule has 0 radical (unpaired) electrons. The van der Waals surface area contributed by atoms with Gasteiger partial charge in [-0.3, -0.25) is 0 Å². The van der Waals surface area contributed by atoms with Gasteiger partial charge in [-0.1, -0.05) is 12.7 Å². The second-order valence-corrected chi connectivity index (χ2v) is 2.08. The van der Waals surface area contributed by atoms with E-state index in [2.05, 4.69) is 6.58 Å². The minimum absolute atomic E-state index is 0.333. The second-order valence-electron chi connectivity index (χ2n) is 2.08. The van der Waals surface area contributed by atoms with Crippen LogP contribution in [-0.2, 0) is 4.79 Å². The Morgan fingerprint density at radius 1 is 1.88 bits per heavy atom. The van der Waals surface area contributed by atoms with Gasteiger partial charge in [0.2, 0.25) is 0 Å². The summed E-state index contributed by atoms with van der Waals surface area (Å²) < 4.78 is 12.5. The fourth-order valence-corrected chi connectivity index (χ4v) is 0.674. The van der Waals surface area contributed by atoms with Crippen LogP contribution >= 0.6 is 0 Å². The van der Waals surface area contributed by atoms with E-state index in [1.54, 1.807) is 0 Å². The van der Waals surface area contributed by atoms with Crippen molar-refractivity contribution in [1.82, 2.24) is 0 Å². The van der Waals surface area contributed by atoms with Crippen molar-refractivity contribution >= 4 is 6.29 Å². The van der Waals surface area contributed by atoms with Crippen LogP contribution in [0.3, 0.4) is 0 Å². The highest BCUT2D eigenvalue weighted by molar-refractivity contribution is 5.62. The maximum Gasteiger partial charge on any atom is 0.139 e. The number of carbonyl (C=O) groups is 1. The highest BCUT2D eigenvalue weighted by atomic mass is 19.1. The molecule has 2 atom stereocenters. The Hall–Kier alpha value is -0.660. The predicted octanol–water partition coefficient (Wildman–Crippen LogP) is 1.10. The van der Waals surface area contributed by atoms with Crippen molar-refractivity contribution in [2.45, 2.75) is 12.1 Å². The van der Waals surface area contributed by atoms with Crippen LogP contribution in [0.4, 0.5) is 4.39 Å². The van der Waals surface area contributed by atoms with Gasteiger partial charge in [-0.25, -0.2) is 4.39 Å². The highest BCUT2D eigenvalue weighted by Crippen LogP contribution is 2.46. The third-order valence-corrected chi connectivity index (χ3v) is 1.49. The van der Waals surface area contributed by atoms with E-state index in [4.69, 9.17) is 0 Å². The summed E-state index contributed by atoms with van der Waals surface area (Å²) in [7, 11) is 0. The fourth-order valence-electron chi connectivity index (χ4n) is 0.674. The normalized spacial score (nSPS) is 43.4. The zero-order chi connectivity index (χ0) is 6.20. The maximum absolute atomic E-state index is 12.5. The van der Waals surface area contributed by atoms with Crippen molar-refractivity contribution in [2.24, 2.45) is 5.92 Å². The van der Waals surface area contributed by atoms with E-state index in [9.17, 15) is 9.18 Å². The zero-order valence-electron chi connectivity index (χ0n) is 4.43. The lowest BCUT2D eigenvalue weighted by molar-refractivity contribution is -0.109. The van der Waals surface area contributed by atoms with E-state index in [0.717, 1.165) is 0 Å². The van der Waals surface area contributed by atoms with Crippen LogP contribution in [0.5, 0.6) is 0 Å². The third-order valence-electron chi connectivity index (χ3n) is 1.49. The topological polar surface area (TPSA) is 17.1 Å². The van der Waals surface area contributed by atoms with Gasteiger partial charge in [0.1, 0.15) is 12.0 Å². The smallest absolute Gasteiger partial charge is 0.139 e. The molecule has 1 aliphatic carbocycles. The Kier molecular flexibility index (Phi) is 0.962. The lowest BCUT2D eigenvalue weighted by atomic mass is 10.3. The van der Waals surface area contributed by atoms with Gasteiger partial charge in [-0.15, -0.1) is 0 Å². The number of rotatable bonds is 2. The molecular weight excluding hydrogens is 107 g/mol. The van der Waals surface area contributed by atoms with Crippen molar-refractivity contribution in [1.29, 1.82) is 0 Å². The van der Waals surface area contributed by atoms with Gasteiger partial charge in [-0.05, 0) is 6.42 Å². The summed E-state index contributed by atoms with van der Waals surface area (Å²) in [5, 5.41) is 0. The predicted molar refractivity (Wildman–Crippen MR) is 28.2 cm³/mol. The van der Waals surface area contributed by atoms with Gasteiger partial charge in [0.05, 0.1) is 5.92 Å². The van der Waals surface area contributed by atoms with Gasteiger partial charge >= 0.3 is 0 Å². The number of alkyl halides is 1. The van der Waals surface area contributed by atoms with E-state index in [1.807, 2.05) is 0 Å². The Morgan fingerprint density at radius 3 is 2.62 bits per heavy atom. The Balaban J connectivity index is 2.54. The van der Waals surface area contributed by atoms with Gasteiger partial charge in [0.25, 0.3) is 0 Å². The summed E-state index contributed by atoms with van der Waals surface area (Å²) in [6, 6.07) is 0. The van der Waals surface area contributed by atoms with E-state index >= 15 is 0 Å². The van der Waals surface area contributed by atoms with E-state index in [-0.39, 0.29) is 0 Å². The zero-order valence-corrected chi connectivity index (χ0v) is 4.43. The van der Waals surface area contributed by atoms with Crippen molar-refractivity contribution in [3.63, 3.8) is 0 Å². The molecule has 8 heavy (non-hydrogen) atoms. The number of allylic oxidation sites excluding steroid dienone is 1. The molecule has 0 aromatic carbocycles. The molecule has 44 valence electrons. The first-order chi connectivity index (χ1) is 3.73. The molecular formula is C6H7FO. The molecule has 0 aromatic rings. The minimum atomic E-state index is -1.35. The number of halogens is 1. The van der Waals surface area contributed by atoms with Crippen molar-refractivity contribution in [3.05, 3.63) is 12.7 Å². The fraction of sp³-hybridized carbons (Fsp3) is 0.500. The largest absolute Gasteiger partial charge is 0.303 e. The highest BCUT2D eigenvalue weighted by Gasteiger charge is 2.52. The lowest BCUT2D eigenvalue weighted by Gasteiger charge is -1.90. The molecule has 0 bridgehead atoms. The summed E-state index contributed by atoms with van der Waals surface area (Å²) in [6.45, 7) is 3.26. The molecule has 0 saturated heterocycles. The van der Waals surface area contributed by atoms with Gasteiger partial charge < -0.3 is 4.79 Å². The Bertz CT molecular complexity index is 132. The van der Waals surface area contributed by atoms with Gasteiger partial charge in [0.15, 0.2) is 0 Å². The molecule has 1 rings (SSSR count). The number of hydrogen-bond acceptors (Lipinski definition) is 1. The lowest BCUT2D eigenvalue weighted by Crippen LogP contribution is -1.97. The van der Waals surface area contributed by atoms with Crippen molar-refractivity contribution < 1.29 is 9.18 Å². The average Bonchev–Trinajstić information content (AvgIpc) is 2.44. The molecule has 1 aliphatic rings. The first-order valence-electron chi connectivity index (χ1n) is 2.51.